The van der Waals surface area contributed by atoms with Crippen LogP contribution in [0.15, 0.2) is 95.0 Å². The Morgan fingerprint density at radius 3 is 2.22 bits per heavy atom. The van der Waals surface area contributed by atoms with Gasteiger partial charge >= 0.3 is 0 Å². The second kappa shape index (κ2) is 10.2. The van der Waals surface area contributed by atoms with Crippen LogP contribution in [0.5, 0.6) is 5.75 Å². The first kappa shape index (κ1) is 22.4. The molecule has 6 nitrogen and oxygen atoms in total. The fraction of sp³-hybridized carbons (Fsp3) is 0.130. The molecule has 0 aliphatic carbocycles. The lowest BCUT2D eigenvalue weighted by molar-refractivity contribution is 0.344. The van der Waals surface area contributed by atoms with Gasteiger partial charge < -0.3 is 4.74 Å². The SMILES string of the molecule is O=S(=O)(Cc1nnc(SCCOc2ccc(Cl)cc2)n1-c1ccccc1)c1ccccc1. The summed E-state index contributed by atoms with van der Waals surface area (Å²) in [5.74, 6) is 1.45. The summed E-state index contributed by atoms with van der Waals surface area (Å²) in [6.07, 6.45) is 0. The third kappa shape index (κ3) is 5.51. The highest BCUT2D eigenvalue weighted by atomic mass is 35.5. The molecule has 0 radical (unpaired) electrons. The Kier molecular flexibility index (Phi) is 7.14. The highest BCUT2D eigenvalue weighted by Gasteiger charge is 2.22. The first-order chi connectivity index (χ1) is 15.5. The van der Waals surface area contributed by atoms with Gasteiger partial charge in [-0.05, 0) is 48.5 Å². The van der Waals surface area contributed by atoms with Crippen LogP contribution in [-0.4, -0.2) is 35.5 Å². The van der Waals surface area contributed by atoms with E-state index in [1.165, 1.54) is 11.8 Å². The topological polar surface area (TPSA) is 74.1 Å². The first-order valence-electron chi connectivity index (χ1n) is 9.82. The van der Waals surface area contributed by atoms with Crippen LogP contribution in [0.4, 0.5) is 0 Å². The summed E-state index contributed by atoms with van der Waals surface area (Å²) in [5, 5.41) is 9.73. The Balaban J connectivity index is 1.52. The predicted molar refractivity (Wildman–Crippen MR) is 126 cm³/mol. The van der Waals surface area contributed by atoms with Crippen molar-refractivity contribution in [3.8, 4) is 11.4 Å². The summed E-state index contributed by atoms with van der Waals surface area (Å²) < 4.78 is 33.4. The van der Waals surface area contributed by atoms with Crippen LogP contribution in [-0.2, 0) is 15.6 Å². The lowest BCUT2D eigenvalue weighted by Gasteiger charge is -2.11. The van der Waals surface area contributed by atoms with Crippen molar-refractivity contribution < 1.29 is 13.2 Å². The molecule has 1 aromatic heterocycles. The summed E-state index contributed by atoms with van der Waals surface area (Å²) in [7, 11) is -3.56. The fourth-order valence-electron chi connectivity index (χ4n) is 3.03. The van der Waals surface area contributed by atoms with Gasteiger partial charge in [-0.2, -0.15) is 0 Å². The smallest absolute Gasteiger partial charge is 0.195 e. The van der Waals surface area contributed by atoms with Crippen molar-refractivity contribution in [2.24, 2.45) is 0 Å². The molecule has 0 amide bonds. The zero-order valence-corrected chi connectivity index (χ0v) is 19.4. The average Bonchev–Trinajstić information content (AvgIpc) is 3.20. The van der Waals surface area contributed by atoms with Gasteiger partial charge in [-0.3, -0.25) is 4.57 Å². The number of sulfone groups is 1. The maximum absolute atomic E-state index is 12.9. The first-order valence-corrected chi connectivity index (χ1v) is 12.8. The number of nitrogens with zero attached hydrogens (tertiary/aromatic N) is 3. The van der Waals surface area contributed by atoms with Crippen LogP contribution >= 0.6 is 23.4 Å². The van der Waals surface area contributed by atoms with E-state index in [-0.39, 0.29) is 10.6 Å². The summed E-state index contributed by atoms with van der Waals surface area (Å²) >= 11 is 7.35. The van der Waals surface area contributed by atoms with Gasteiger partial charge in [-0.15, -0.1) is 10.2 Å². The van der Waals surface area contributed by atoms with Gasteiger partial charge in [0.25, 0.3) is 0 Å². The van der Waals surface area contributed by atoms with Crippen LogP contribution in [0.25, 0.3) is 5.69 Å². The summed E-state index contributed by atoms with van der Waals surface area (Å²) in [4.78, 5) is 0.258. The Bertz CT molecular complexity index is 1260. The molecule has 0 N–H and O–H groups in total. The summed E-state index contributed by atoms with van der Waals surface area (Å²) in [6, 6.07) is 25.0. The minimum absolute atomic E-state index is 0.249. The molecule has 0 atom stereocenters. The number of rotatable bonds is 9. The average molecular weight is 486 g/mol. The molecule has 32 heavy (non-hydrogen) atoms. The zero-order chi connectivity index (χ0) is 22.4. The van der Waals surface area contributed by atoms with E-state index >= 15 is 0 Å². The predicted octanol–water partition coefficient (Wildman–Crippen LogP) is 5.07. The Labute approximate surface area is 196 Å². The molecule has 0 aliphatic rings. The van der Waals surface area contributed by atoms with Crippen molar-refractivity contribution in [3.63, 3.8) is 0 Å². The minimum atomic E-state index is -3.56. The zero-order valence-electron chi connectivity index (χ0n) is 17.0. The molecule has 1 heterocycles. The number of hydrogen-bond acceptors (Lipinski definition) is 6. The standard InChI is InChI=1S/C23H20ClN3O3S2/c24-18-11-13-20(14-12-18)30-15-16-31-23-26-25-22(27(23)19-7-3-1-4-8-19)17-32(28,29)21-9-5-2-6-10-21/h1-14H,15-17H2. The van der Waals surface area contributed by atoms with E-state index in [1.807, 2.05) is 42.5 Å². The lowest BCUT2D eigenvalue weighted by Crippen LogP contribution is -2.11. The van der Waals surface area contributed by atoms with Gasteiger partial charge in [0, 0.05) is 16.5 Å². The monoisotopic (exact) mass is 485 g/mol. The quantitative estimate of drug-likeness (QED) is 0.243. The Morgan fingerprint density at radius 1 is 0.875 bits per heavy atom. The van der Waals surface area contributed by atoms with Gasteiger partial charge in [0.15, 0.2) is 20.8 Å². The molecular formula is C23H20ClN3O3S2. The van der Waals surface area contributed by atoms with Gasteiger partial charge in [0.05, 0.1) is 11.5 Å². The van der Waals surface area contributed by atoms with Gasteiger partial charge in [0.2, 0.25) is 0 Å². The molecule has 0 spiro atoms. The molecule has 0 aliphatic heterocycles. The third-order valence-electron chi connectivity index (χ3n) is 4.53. The van der Waals surface area contributed by atoms with E-state index in [2.05, 4.69) is 10.2 Å². The van der Waals surface area contributed by atoms with E-state index in [4.69, 9.17) is 16.3 Å². The summed E-state index contributed by atoms with van der Waals surface area (Å²) in [6.45, 7) is 0.450. The van der Waals surface area contributed by atoms with Gasteiger partial charge in [-0.25, -0.2) is 8.42 Å². The molecule has 0 unspecified atom stereocenters. The third-order valence-corrected chi connectivity index (χ3v) is 7.31. The Hall–Kier alpha value is -2.81. The number of benzene rings is 3. The van der Waals surface area contributed by atoms with Gasteiger partial charge in [-0.1, -0.05) is 59.8 Å². The number of ether oxygens (including phenoxy) is 1. The van der Waals surface area contributed by atoms with Crippen molar-refractivity contribution in [2.75, 3.05) is 12.4 Å². The minimum Gasteiger partial charge on any atom is -0.493 e. The molecule has 9 heteroatoms. The van der Waals surface area contributed by atoms with Crippen LogP contribution in [0, 0.1) is 0 Å². The van der Waals surface area contributed by atoms with Crippen molar-refractivity contribution in [1.82, 2.24) is 14.8 Å². The number of halogens is 1. The van der Waals surface area contributed by atoms with E-state index in [0.717, 1.165) is 11.4 Å². The van der Waals surface area contributed by atoms with Crippen molar-refractivity contribution in [1.29, 1.82) is 0 Å². The maximum atomic E-state index is 12.9. The van der Waals surface area contributed by atoms with Crippen molar-refractivity contribution >= 4 is 33.2 Å². The van der Waals surface area contributed by atoms with Gasteiger partial charge in [0.1, 0.15) is 11.5 Å². The van der Waals surface area contributed by atoms with Crippen LogP contribution < -0.4 is 4.74 Å². The van der Waals surface area contributed by atoms with Crippen molar-refractivity contribution in [2.45, 2.75) is 15.8 Å². The molecule has 4 rings (SSSR count). The second-order valence-corrected chi connectivity index (χ2v) is 10.3. The molecule has 0 bridgehead atoms. The molecular weight excluding hydrogens is 466 g/mol. The largest absolute Gasteiger partial charge is 0.493 e. The fourth-order valence-corrected chi connectivity index (χ4v) is 5.21. The number of aromatic nitrogens is 3. The van der Waals surface area contributed by atoms with E-state index in [0.29, 0.717) is 28.4 Å². The second-order valence-electron chi connectivity index (χ2n) is 6.79. The number of hydrogen-bond donors (Lipinski definition) is 0. The molecule has 3 aromatic carbocycles. The van der Waals surface area contributed by atoms with Crippen LogP contribution in [0.1, 0.15) is 5.82 Å². The van der Waals surface area contributed by atoms with Crippen LogP contribution in [0.2, 0.25) is 5.02 Å². The summed E-state index contributed by atoms with van der Waals surface area (Å²) in [5.41, 5.74) is 0.803. The van der Waals surface area contributed by atoms with Crippen LogP contribution in [0.3, 0.4) is 0 Å². The van der Waals surface area contributed by atoms with E-state index in [9.17, 15) is 8.42 Å². The normalized spacial score (nSPS) is 11.4. The van der Waals surface area contributed by atoms with E-state index in [1.54, 1.807) is 47.0 Å². The molecule has 164 valence electrons. The van der Waals surface area contributed by atoms with Crippen molar-refractivity contribution in [3.05, 3.63) is 95.8 Å². The highest BCUT2D eigenvalue weighted by molar-refractivity contribution is 7.99. The molecule has 0 saturated carbocycles. The Morgan fingerprint density at radius 2 is 1.53 bits per heavy atom. The molecule has 4 aromatic rings. The number of thioether (sulfide) groups is 1. The molecule has 0 fully saturated rings. The highest BCUT2D eigenvalue weighted by Crippen LogP contribution is 2.25. The van der Waals surface area contributed by atoms with E-state index < -0.39 is 9.84 Å². The lowest BCUT2D eigenvalue weighted by atomic mass is 10.3. The molecule has 0 saturated heterocycles. The number of para-hydroxylation sites is 1. The maximum Gasteiger partial charge on any atom is 0.195 e.